The van der Waals surface area contributed by atoms with Crippen LogP contribution >= 0.6 is 0 Å². The van der Waals surface area contributed by atoms with Gasteiger partial charge in [0.2, 0.25) is 5.91 Å². The number of Topliss-reactive ketones (excluding diaryl/α,β-unsaturated/α-hetero) is 1. The van der Waals surface area contributed by atoms with Crippen LogP contribution in [0.4, 0.5) is 5.69 Å². The number of benzene rings is 2. The fraction of sp³-hybridized carbons (Fsp3) is 0.391. The number of piperazine rings is 1. The number of nitrogens with zero attached hydrogens (tertiary/aromatic N) is 2. The number of anilines is 1. The number of hydrogen-bond donors (Lipinski definition) is 1. The minimum absolute atomic E-state index is 0.0605. The maximum Gasteiger partial charge on any atom is 0.238 e. The second-order valence-corrected chi connectivity index (χ2v) is 7.39. The molecule has 0 aromatic heterocycles. The van der Waals surface area contributed by atoms with E-state index in [0.29, 0.717) is 17.8 Å². The van der Waals surface area contributed by atoms with Gasteiger partial charge in [0.25, 0.3) is 0 Å². The van der Waals surface area contributed by atoms with Gasteiger partial charge >= 0.3 is 0 Å². The van der Waals surface area contributed by atoms with E-state index in [0.717, 1.165) is 44.2 Å². The van der Waals surface area contributed by atoms with Crippen LogP contribution in [0.5, 0.6) is 11.5 Å². The summed E-state index contributed by atoms with van der Waals surface area (Å²) in [6.45, 7) is 6.03. The number of para-hydroxylation sites is 1. The summed E-state index contributed by atoms with van der Waals surface area (Å²) in [4.78, 5) is 28.7. The van der Waals surface area contributed by atoms with Crippen LogP contribution in [0.1, 0.15) is 22.8 Å². The Morgan fingerprint density at radius 2 is 1.60 bits per heavy atom. The van der Waals surface area contributed by atoms with E-state index < -0.39 is 0 Å². The first-order valence-corrected chi connectivity index (χ1v) is 10.1. The lowest BCUT2D eigenvalue weighted by Crippen LogP contribution is -2.48. The number of carbonyl (C=O) groups excluding carboxylic acids is 2. The van der Waals surface area contributed by atoms with Crippen molar-refractivity contribution in [2.45, 2.75) is 13.5 Å². The monoisotopic (exact) mass is 411 g/mol. The van der Waals surface area contributed by atoms with Crippen molar-refractivity contribution < 1.29 is 19.1 Å². The number of hydrogen-bond acceptors (Lipinski definition) is 6. The zero-order chi connectivity index (χ0) is 21.5. The molecule has 0 radical (unpaired) electrons. The van der Waals surface area contributed by atoms with Crippen LogP contribution in [0.25, 0.3) is 0 Å². The Hall–Kier alpha value is -2.90. The molecule has 0 unspecified atom stereocenters. The molecule has 0 aliphatic carbocycles. The molecule has 1 aliphatic heterocycles. The van der Waals surface area contributed by atoms with Crippen molar-refractivity contribution in [1.82, 2.24) is 9.80 Å². The Labute approximate surface area is 177 Å². The number of methoxy groups -OCH3 is 2. The van der Waals surface area contributed by atoms with Gasteiger partial charge in [-0.05, 0) is 36.8 Å². The lowest BCUT2D eigenvalue weighted by molar-refractivity contribution is -0.117. The van der Waals surface area contributed by atoms with Crippen LogP contribution in [-0.2, 0) is 11.3 Å². The molecule has 1 amide bonds. The number of carbonyl (C=O) groups is 2. The summed E-state index contributed by atoms with van der Waals surface area (Å²) < 4.78 is 10.7. The fourth-order valence-corrected chi connectivity index (χ4v) is 3.63. The zero-order valence-electron chi connectivity index (χ0n) is 17.8. The first kappa shape index (κ1) is 21.8. The molecule has 2 aromatic carbocycles. The Morgan fingerprint density at radius 3 is 2.27 bits per heavy atom. The molecule has 0 spiro atoms. The van der Waals surface area contributed by atoms with Gasteiger partial charge in [-0.25, -0.2) is 0 Å². The highest BCUT2D eigenvalue weighted by molar-refractivity contribution is 6.04. The summed E-state index contributed by atoms with van der Waals surface area (Å²) in [5.74, 6) is 1.30. The second kappa shape index (κ2) is 10.2. The third-order valence-electron chi connectivity index (χ3n) is 5.27. The Bertz CT molecular complexity index is 892. The molecule has 7 heteroatoms. The van der Waals surface area contributed by atoms with Crippen molar-refractivity contribution in [3.8, 4) is 11.5 Å². The molecule has 2 aromatic rings. The van der Waals surface area contributed by atoms with Gasteiger partial charge in [0, 0.05) is 38.3 Å². The standard InChI is InChI=1S/C23H29N3O4/c1-17(27)19-6-4-5-7-20(19)24-23(28)16-26-12-10-25(11-13-26)15-18-8-9-21(29-2)22(14-18)30-3/h4-9,14H,10-13,15-16H2,1-3H3,(H,24,28). The predicted molar refractivity (Wildman–Crippen MR) is 116 cm³/mol. The third kappa shape index (κ3) is 5.58. The lowest BCUT2D eigenvalue weighted by Gasteiger charge is -2.34. The average molecular weight is 412 g/mol. The van der Waals surface area contributed by atoms with Crippen LogP contribution in [0.3, 0.4) is 0 Å². The van der Waals surface area contributed by atoms with E-state index >= 15 is 0 Å². The number of ether oxygens (including phenoxy) is 2. The largest absolute Gasteiger partial charge is 0.493 e. The summed E-state index contributed by atoms with van der Waals surface area (Å²) in [7, 11) is 3.27. The van der Waals surface area contributed by atoms with Crippen molar-refractivity contribution in [2.75, 3.05) is 52.3 Å². The first-order valence-electron chi connectivity index (χ1n) is 10.1. The minimum Gasteiger partial charge on any atom is -0.493 e. The van der Waals surface area contributed by atoms with Crippen LogP contribution < -0.4 is 14.8 Å². The number of rotatable bonds is 8. The van der Waals surface area contributed by atoms with Crippen molar-refractivity contribution in [3.63, 3.8) is 0 Å². The Kier molecular flexibility index (Phi) is 7.43. The van der Waals surface area contributed by atoms with Crippen molar-refractivity contribution in [3.05, 3.63) is 53.6 Å². The molecule has 1 fully saturated rings. The highest BCUT2D eigenvalue weighted by atomic mass is 16.5. The summed E-state index contributed by atoms with van der Waals surface area (Å²) in [5.41, 5.74) is 2.27. The van der Waals surface area contributed by atoms with E-state index in [-0.39, 0.29) is 11.7 Å². The van der Waals surface area contributed by atoms with E-state index in [1.807, 2.05) is 24.3 Å². The van der Waals surface area contributed by atoms with Crippen LogP contribution in [0.15, 0.2) is 42.5 Å². The van der Waals surface area contributed by atoms with E-state index in [1.165, 1.54) is 12.5 Å². The molecule has 1 N–H and O–H groups in total. The normalized spacial score (nSPS) is 14.9. The maximum absolute atomic E-state index is 12.5. The number of ketones is 1. The van der Waals surface area contributed by atoms with Crippen molar-refractivity contribution in [1.29, 1.82) is 0 Å². The number of amides is 1. The highest BCUT2D eigenvalue weighted by Crippen LogP contribution is 2.28. The summed E-state index contributed by atoms with van der Waals surface area (Å²) >= 11 is 0. The number of nitrogens with one attached hydrogen (secondary N) is 1. The molecular formula is C23H29N3O4. The van der Waals surface area contributed by atoms with Gasteiger partial charge in [0.15, 0.2) is 17.3 Å². The summed E-state index contributed by atoms with van der Waals surface area (Å²) in [5, 5.41) is 2.87. The van der Waals surface area contributed by atoms with Crippen molar-refractivity contribution >= 4 is 17.4 Å². The molecule has 0 saturated carbocycles. The van der Waals surface area contributed by atoms with Gasteiger partial charge in [-0.1, -0.05) is 18.2 Å². The van der Waals surface area contributed by atoms with Crippen LogP contribution in [-0.4, -0.2) is 68.4 Å². The highest BCUT2D eigenvalue weighted by Gasteiger charge is 2.20. The third-order valence-corrected chi connectivity index (χ3v) is 5.27. The molecule has 3 rings (SSSR count). The van der Waals surface area contributed by atoms with E-state index in [4.69, 9.17) is 9.47 Å². The summed E-state index contributed by atoms with van der Waals surface area (Å²) in [6, 6.07) is 13.1. The quantitative estimate of drug-likeness (QED) is 0.674. The molecule has 1 aliphatic rings. The zero-order valence-corrected chi connectivity index (χ0v) is 17.8. The molecule has 1 saturated heterocycles. The maximum atomic E-state index is 12.5. The molecular weight excluding hydrogens is 382 g/mol. The van der Waals surface area contributed by atoms with E-state index in [2.05, 4.69) is 15.1 Å². The molecule has 0 atom stereocenters. The molecule has 160 valence electrons. The average Bonchev–Trinajstić information content (AvgIpc) is 2.75. The van der Waals surface area contributed by atoms with E-state index in [1.54, 1.807) is 32.4 Å². The molecule has 30 heavy (non-hydrogen) atoms. The second-order valence-electron chi connectivity index (χ2n) is 7.39. The molecule has 1 heterocycles. The van der Waals surface area contributed by atoms with Gasteiger partial charge < -0.3 is 14.8 Å². The molecule has 7 nitrogen and oxygen atoms in total. The van der Waals surface area contributed by atoms with Crippen LogP contribution in [0, 0.1) is 0 Å². The smallest absolute Gasteiger partial charge is 0.238 e. The fourth-order valence-electron chi connectivity index (χ4n) is 3.63. The van der Waals surface area contributed by atoms with Gasteiger partial charge in [0.1, 0.15) is 0 Å². The lowest BCUT2D eigenvalue weighted by atomic mass is 10.1. The summed E-state index contributed by atoms with van der Waals surface area (Å²) in [6.07, 6.45) is 0. The van der Waals surface area contributed by atoms with Crippen molar-refractivity contribution in [2.24, 2.45) is 0 Å². The minimum atomic E-state index is -0.1000. The van der Waals surface area contributed by atoms with Gasteiger partial charge in [0.05, 0.1) is 26.5 Å². The van der Waals surface area contributed by atoms with Gasteiger partial charge in [-0.3, -0.25) is 19.4 Å². The van der Waals surface area contributed by atoms with Gasteiger partial charge in [-0.2, -0.15) is 0 Å². The van der Waals surface area contributed by atoms with Gasteiger partial charge in [-0.15, -0.1) is 0 Å². The van der Waals surface area contributed by atoms with Crippen LogP contribution in [0.2, 0.25) is 0 Å². The SMILES string of the molecule is COc1ccc(CN2CCN(CC(=O)Nc3ccccc3C(C)=O)CC2)cc1OC. The predicted octanol–water partition coefficient (Wildman–Crippen LogP) is 2.66. The Morgan fingerprint density at radius 1 is 0.933 bits per heavy atom. The molecule has 0 bridgehead atoms. The topological polar surface area (TPSA) is 71.1 Å². The Balaban J connectivity index is 1.49. The first-order chi connectivity index (χ1) is 14.5. The van der Waals surface area contributed by atoms with E-state index in [9.17, 15) is 9.59 Å².